The summed E-state index contributed by atoms with van der Waals surface area (Å²) in [6.07, 6.45) is -4.80. The van der Waals surface area contributed by atoms with Crippen LogP contribution >= 0.6 is 22.9 Å². The van der Waals surface area contributed by atoms with E-state index in [-0.39, 0.29) is 4.88 Å². The molecule has 0 aliphatic heterocycles. The molecule has 25 heavy (non-hydrogen) atoms. The Bertz CT molecular complexity index is 962. The lowest BCUT2D eigenvalue weighted by molar-refractivity contribution is -0.273. The molecular weight excluding hydrogens is 379 g/mol. The number of nitrogens with zero attached hydrogens (tertiary/aromatic N) is 1. The average molecular weight is 390 g/mol. The van der Waals surface area contributed by atoms with Gasteiger partial charge < -0.3 is 9.47 Å². The minimum Gasteiger partial charge on any atom is -0.495 e. The Kier molecular flexibility index (Phi) is 4.42. The molecule has 0 bridgehead atoms. The van der Waals surface area contributed by atoms with Crippen LogP contribution in [0.25, 0.3) is 10.9 Å². The molecule has 0 amide bonds. The number of thiophene rings is 1. The highest BCUT2D eigenvalue weighted by Gasteiger charge is 2.32. The van der Waals surface area contributed by atoms with Gasteiger partial charge in [-0.05, 0) is 37.3 Å². The van der Waals surface area contributed by atoms with Gasteiger partial charge >= 0.3 is 6.36 Å². The van der Waals surface area contributed by atoms with Gasteiger partial charge in [0.1, 0.15) is 5.75 Å². The average Bonchev–Trinajstić information content (AvgIpc) is 3.07. The van der Waals surface area contributed by atoms with Gasteiger partial charge in [0, 0.05) is 11.1 Å². The molecule has 0 aliphatic rings. The van der Waals surface area contributed by atoms with Crippen LogP contribution in [0.2, 0.25) is 5.02 Å². The fourth-order valence-electron chi connectivity index (χ4n) is 2.49. The molecule has 2 aromatic heterocycles. The molecule has 9 heteroatoms. The first-order chi connectivity index (χ1) is 11.7. The highest BCUT2D eigenvalue weighted by molar-refractivity contribution is 7.15. The summed E-state index contributed by atoms with van der Waals surface area (Å²) in [6.45, 7) is 1.72. The van der Waals surface area contributed by atoms with Crippen molar-refractivity contribution in [2.45, 2.75) is 13.3 Å². The van der Waals surface area contributed by atoms with Gasteiger partial charge in [-0.25, -0.2) is 0 Å². The standard InChI is InChI=1S/C16H11ClF3NO3S/c1-8-5-9-6-12(23-2)10(17)7-11(9)21(8)15(22)13-3-4-14(25-13)24-16(18,19)20/h3-7H,1-2H3. The molecule has 0 atom stereocenters. The lowest BCUT2D eigenvalue weighted by Gasteiger charge is -2.07. The maximum Gasteiger partial charge on any atom is 0.573 e. The number of methoxy groups -OCH3 is 1. The molecule has 0 radical (unpaired) electrons. The summed E-state index contributed by atoms with van der Waals surface area (Å²) < 4.78 is 47.2. The normalized spacial score (nSPS) is 11.8. The van der Waals surface area contributed by atoms with Crippen LogP contribution in [0.15, 0.2) is 30.3 Å². The van der Waals surface area contributed by atoms with E-state index in [2.05, 4.69) is 4.74 Å². The Hall–Kier alpha value is -2.19. The summed E-state index contributed by atoms with van der Waals surface area (Å²) in [5.74, 6) is 0.00603. The van der Waals surface area contributed by atoms with Gasteiger partial charge in [-0.3, -0.25) is 9.36 Å². The van der Waals surface area contributed by atoms with Crippen LogP contribution < -0.4 is 9.47 Å². The maximum absolute atomic E-state index is 12.7. The van der Waals surface area contributed by atoms with E-state index in [1.165, 1.54) is 17.7 Å². The van der Waals surface area contributed by atoms with E-state index in [1.54, 1.807) is 25.1 Å². The van der Waals surface area contributed by atoms with Gasteiger partial charge in [-0.15, -0.1) is 13.2 Å². The second-order valence-electron chi connectivity index (χ2n) is 5.14. The molecule has 0 saturated heterocycles. The van der Waals surface area contributed by atoms with Crippen molar-refractivity contribution >= 4 is 39.7 Å². The van der Waals surface area contributed by atoms with Crippen molar-refractivity contribution in [2.75, 3.05) is 7.11 Å². The molecule has 1 aromatic carbocycles. The molecule has 0 saturated carbocycles. The topological polar surface area (TPSA) is 40.5 Å². The fourth-order valence-corrected chi connectivity index (χ4v) is 3.53. The second-order valence-corrected chi connectivity index (χ2v) is 6.59. The summed E-state index contributed by atoms with van der Waals surface area (Å²) >= 11 is 6.74. The maximum atomic E-state index is 12.7. The van der Waals surface area contributed by atoms with Crippen molar-refractivity contribution in [2.24, 2.45) is 0 Å². The van der Waals surface area contributed by atoms with Crippen LogP contribution in [0.3, 0.4) is 0 Å². The van der Waals surface area contributed by atoms with E-state index < -0.39 is 17.3 Å². The van der Waals surface area contributed by atoms with E-state index in [1.807, 2.05) is 0 Å². The molecule has 0 unspecified atom stereocenters. The van der Waals surface area contributed by atoms with Crippen molar-refractivity contribution in [1.29, 1.82) is 0 Å². The number of carbonyl (C=O) groups excluding carboxylic acids is 1. The number of hydrogen-bond acceptors (Lipinski definition) is 4. The quantitative estimate of drug-likeness (QED) is 0.613. The van der Waals surface area contributed by atoms with E-state index in [4.69, 9.17) is 16.3 Å². The second kappa shape index (κ2) is 6.27. The Labute approximate surface area is 149 Å². The number of benzene rings is 1. The van der Waals surface area contributed by atoms with Gasteiger partial charge in [0.2, 0.25) is 0 Å². The third-order valence-electron chi connectivity index (χ3n) is 3.47. The Morgan fingerprint density at radius 3 is 2.60 bits per heavy atom. The van der Waals surface area contributed by atoms with Crippen molar-refractivity contribution < 1.29 is 27.4 Å². The van der Waals surface area contributed by atoms with E-state index in [0.29, 0.717) is 33.3 Å². The summed E-state index contributed by atoms with van der Waals surface area (Å²) in [4.78, 5) is 12.9. The number of ether oxygens (including phenoxy) is 2. The van der Waals surface area contributed by atoms with Crippen LogP contribution in [0.4, 0.5) is 13.2 Å². The van der Waals surface area contributed by atoms with Crippen molar-refractivity contribution in [3.05, 3.63) is 45.9 Å². The fraction of sp³-hybridized carbons (Fsp3) is 0.188. The van der Waals surface area contributed by atoms with Gasteiger partial charge in [0.15, 0.2) is 5.06 Å². The first-order valence-electron chi connectivity index (χ1n) is 6.95. The zero-order valence-corrected chi connectivity index (χ0v) is 14.6. The summed E-state index contributed by atoms with van der Waals surface area (Å²) in [5, 5.41) is 0.662. The van der Waals surface area contributed by atoms with Crippen molar-refractivity contribution in [1.82, 2.24) is 4.57 Å². The monoisotopic (exact) mass is 389 g/mol. The zero-order valence-electron chi connectivity index (χ0n) is 13.0. The third-order valence-corrected chi connectivity index (χ3v) is 4.72. The van der Waals surface area contributed by atoms with Crippen LogP contribution in [-0.2, 0) is 0 Å². The number of aromatic nitrogens is 1. The van der Waals surface area contributed by atoms with E-state index >= 15 is 0 Å². The molecule has 4 nitrogen and oxygen atoms in total. The predicted octanol–water partition coefficient (Wildman–Crippen LogP) is 5.26. The molecule has 2 heterocycles. The minimum absolute atomic E-state index is 0.117. The summed E-state index contributed by atoms with van der Waals surface area (Å²) in [7, 11) is 1.48. The largest absolute Gasteiger partial charge is 0.573 e. The molecule has 0 N–H and O–H groups in total. The number of halogens is 4. The van der Waals surface area contributed by atoms with Crippen molar-refractivity contribution in [3.63, 3.8) is 0 Å². The first-order valence-corrected chi connectivity index (χ1v) is 8.15. The molecule has 3 aromatic rings. The Balaban J connectivity index is 2.03. The smallest absolute Gasteiger partial charge is 0.495 e. The summed E-state index contributed by atoms with van der Waals surface area (Å²) in [6, 6.07) is 7.46. The Morgan fingerprint density at radius 2 is 1.96 bits per heavy atom. The predicted molar refractivity (Wildman–Crippen MR) is 89.0 cm³/mol. The van der Waals surface area contributed by atoms with Gasteiger partial charge in [-0.2, -0.15) is 0 Å². The van der Waals surface area contributed by atoms with Crippen molar-refractivity contribution in [3.8, 4) is 10.8 Å². The highest BCUT2D eigenvalue weighted by Crippen LogP contribution is 2.34. The minimum atomic E-state index is -4.80. The number of alkyl halides is 3. The van der Waals surface area contributed by atoms with Crippen LogP contribution in [0.5, 0.6) is 10.8 Å². The molecule has 0 fully saturated rings. The lowest BCUT2D eigenvalue weighted by atomic mass is 10.2. The lowest BCUT2D eigenvalue weighted by Crippen LogP contribution is -2.16. The number of aryl methyl sites for hydroxylation is 1. The summed E-state index contributed by atoms with van der Waals surface area (Å²) in [5.41, 5.74) is 1.16. The highest BCUT2D eigenvalue weighted by atomic mass is 35.5. The number of carbonyl (C=O) groups is 1. The van der Waals surface area contributed by atoms with Gasteiger partial charge in [0.05, 0.1) is 22.5 Å². The first kappa shape index (κ1) is 17.6. The molecular formula is C16H11ClF3NO3S. The third kappa shape index (κ3) is 3.45. The Morgan fingerprint density at radius 1 is 1.24 bits per heavy atom. The molecule has 0 spiro atoms. The van der Waals surface area contributed by atoms with Gasteiger partial charge in [0.25, 0.3) is 5.91 Å². The zero-order chi connectivity index (χ0) is 18.4. The van der Waals surface area contributed by atoms with Gasteiger partial charge in [-0.1, -0.05) is 22.9 Å². The molecule has 0 aliphatic carbocycles. The number of hydrogen-bond donors (Lipinski definition) is 0. The van der Waals surface area contributed by atoms with Crippen LogP contribution in [0, 0.1) is 6.92 Å². The van der Waals surface area contributed by atoms with Crippen LogP contribution in [0.1, 0.15) is 15.4 Å². The number of fused-ring (bicyclic) bond motifs is 1. The molecule has 3 rings (SSSR count). The molecule has 132 valence electrons. The SMILES string of the molecule is COc1cc2cc(C)n(C(=O)c3ccc(OC(F)(F)F)s3)c2cc1Cl. The van der Waals surface area contributed by atoms with Crippen LogP contribution in [-0.4, -0.2) is 23.9 Å². The van der Waals surface area contributed by atoms with E-state index in [9.17, 15) is 18.0 Å². The van der Waals surface area contributed by atoms with E-state index in [0.717, 1.165) is 11.5 Å². The number of rotatable bonds is 3.